The molecule has 1 aliphatic heterocycles. The molecule has 0 saturated carbocycles. The summed E-state index contributed by atoms with van der Waals surface area (Å²) in [6, 6.07) is 7.34. The SMILES string of the molecule is CC(C)c1c(C(=O)NCCC(=O)N2CCCC2)cnn1-c1ccc(Cl)cc1. The van der Waals surface area contributed by atoms with Crippen LogP contribution in [0.3, 0.4) is 0 Å². The Morgan fingerprint density at radius 1 is 1.19 bits per heavy atom. The molecule has 0 bridgehead atoms. The number of carbonyl (C=O) groups is 2. The van der Waals surface area contributed by atoms with E-state index in [1.165, 1.54) is 0 Å². The van der Waals surface area contributed by atoms with Gasteiger partial charge < -0.3 is 10.2 Å². The highest BCUT2D eigenvalue weighted by Gasteiger charge is 2.22. The summed E-state index contributed by atoms with van der Waals surface area (Å²) in [5, 5.41) is 7.91. The van der Waals surface area contributed by atoms with E-state index in [0.29, 0.717) is 23.6 Å². The predicted octanol–water partition coefficient (Wildman–Crippen LogP) is 3.39. The van der Waals surface area contributed by atoms with Crippen LogP contribution in [0.4, 0.5) is 0 Å². The van der Waals surface area contributed by atoms with Gasteiger partial charge in [-0.2, -0.15) is 5.10 Å². The summed E-state index contributed by atoms with van der Waals surface area (Å²) < 4.78 is 1.77. The van der Waals surface area contributed by atoms with Crippen LogP contribution in [-0.4, -0.2) is 46.1 Å². The maximum Gasteiger partial charge on any atom is 0.254 e. The van der Waals surface area contributed by atoms with E-state index in [0.717, 1.165) is 37.3 Å². The van der Waals surface area contributed by atoms with E-state index in [1.807, 2.05) is 30.9 Å². The van der Waals surface area contributed by atoms with Gasteiger partial charge in [-0.05, 0) is 43.0 Å². The van der Waals surface area contributed by atoms with E-state index in [9.17, 15) is 9.59 Å². The number of nitrogens with zero attached hydrogens (tertiary/aromatic N) is 3. The van der Waals surface area contributed by atoms with Gasteiger partial charge >= 0.3 is 0 Å². The van der Waals surface area contributed by atoms with Crippen molar-refractivity contribution in [3.8, 4) is 5.69 Å². The average molecular weight is 389 g/mol. The highest BCUT2D eigenvalue weighted by molar-refractivity contribution is 6.30. The first-order valence-electron chi connectivity index (χ1n) is 9.37. The Balaban J connectivity index is 1.69. The summed E-state index contributed by atoms with van der Waals surface area (Å²) in [7, 11) is 0. The minimum absolute atomic E-state index is 0.105. The second-order valence-corrected chi connectivity index (χ2v) is 7.52. The highest BCUT2D eigenvalue weighted by atomic mass is 35.5. The zero-order valence-electron chi connectivity index (χ0n) is 15.7. The highest BCUT2D eigenvalue weighted by Crippen LogP contribution is 2.24. The molecule has 1 aromatic carbocycles. The van der Waals surface area contributed by atoms with Crippen molar-refractivity contribution >= 4 is 23.4 Å². The number of likely N-dealkylation sites (tertiary alicyclic amines) is 1. The third-order valence-electron chi connectivity index (χ3n) is 4.75. The smallest absolute Gasteiger partial charge is 0.254 e. The quantitative estimate of drug-likeness (QED) is 0.824. The van der Waals surface area contributed by atoms with E-state index >= 15 is 0 Å². The Labute approximate surface area is 164 Å². The van der Waals surface area contributed by atoms with Crippen molar-refractivity contribution in [2.75, 3.05) is 19.6 Å². The minimum atomic E-state index is -0.201. The summed E-state index contributed by atoms with van der Waals surface area (Å²) in [4.78, 5) is 26.6. The van der Waals surface area contributed by atoms with Crippen LogP contribution in [-0.2, 0) is 4.79 Å². The maximum atomic E-state index is 12.7. The predicted molar refractivity (Wildman–Crippen MR) is 105 cm³/mol. The Morgan fingerprint density at radius 2 is 1.85 bits per heavy atom. The third kappa shape index (κ3) is 4.50. The number of aromatic nitrogens is 2. The minimum Gasteiger partial charge on any atom is -0.351 e. The van der Waals surface area contributed by atoms with Gasteiger partial charge in [0.15, 0.2) is 0 Å². The fourth-order valence-electron chi connectivity index (χ4n) is 3.38. The third-order valence-corrected chi connectivity index (χ3v) is 5.00. The monoisotopic (exact) mass is 388 g/mol. The molecule has 0 radical (unpaired) electrons. The van der Waals surface area contributed by atoms with Crippen molar-refractivity contribution in [2.24, 2.45) is 0 Å². The van der Waals surface area contributed by atoms with Gasteiger partial charge in [-0.1, -0.05) is 25.4 Å². The molecule has 1 saturated heterocycles. The molecule has 0 unspecified atom stereocenters. The van der Waals surface area contributed by atoms with Crippen molar-refractivity contribution in [3.05, 3.63) is 46.7 Å². The molecule has 7 heteroatoms. The van der Waals surface area contributed by atoms with Gasteiger partial charge in [-0.25, -0.2) is 4.68 Å². The van der Waals surface area contributed by atoms with E-state index in [2.05, 4.69) is 10.4 Å². The molecule has 144 valence electrons. The van der Waals surface area contributed by atoms with Gasteiger partial charge in [0, 0.05) is 31.1 Å². The first-order valence-corrected chi connectivity index (χ1v) is 9.75. The van der Waals surface area contributed by atoms with Gasteiger partial charge in [0.2, 0.25) is 5.91 Å². The molecule has 0 atom stereocenters. The Hall–Kier alpha value is -2.34. The van der Waals surface area contributed by atoms with Crippen LogP contribution in [0.5, 0.6) is 0 Å². The summed E-state index contributed by atoms with van der Waals surface area (Å²) >= 11 is 5.96. The van der Waals surface area contributed by atoms with E-state index < -0.39 is 0 Å². The molecule has 0 spiro atoms. The van der Waals surface area contributed by atoms with Crippen molar-refractivity contribution in [1.82, 2.24) is 20.0 Å². The number of amides is 2. The van der Waals surface area contributed by atoms with Crippen LogP contribution in [0.25, 0.3) is 5.69 Å². The Kier molecular flexibility index (Phi) is 6.16. The van der Waals surface area contributed by atoms with Crippen molar-refractivity contribution in [3.63, 3.8) is 0 Å². The number of hydrogen-bond donors (Lipinski definition) is 1. The van der Waals surface area contributed by atoms with Crippen LogP contribution in [0, 0.1) is 0 Å². The van der Waals surface area contributed by atoms with Gasteiger partial charge in [0.1, 0.15) is 0 Å². The number of nitrogens with one attached hydrogen (secondary N) is 1. The fourth-order valence-corrected chi connectivity index (χ4v) is 3.51. The Bertz CT molecular complexity index is 808. The zero-order chi connectivity index (χ0) is 19.4. The van der Waals surface area contributed by atoms with E-state index in [1.54, 1.807) is 23.0 Å². The normalized spacial score (nSPS) is 14.0. The molecule has 1 aliphatic rings. The number of carbonyl (C=O) groups excluding carboxylic acids is 2. The van der Waals surface area contributed by atoms with Crippen LogP contribution < -0.4 is 5.32 Å². The van der Waals surface area contributed by atoms with Gasteiger partial charge in [-0.3, -0.25) is 9.59 Å². The largest absolute Gasteiger partial charge is 0.351 e. The lowest BCUT2D eigenvalue weighted by atomic mass is 10.0. The topological polar surface area (TPSA) is 67.2 Å². The maximum absolute atomic E-state index is 12.7. The summed E-state index contributed by atoms with van der Waals surface area (Å²) in [6.45, 7) is 6.04. The van der Waals surface area contributed by atoms with Crippen molar-refractivity contribution < 1.29 is 9.59 Å². The van der Waals surface area contributed by atoms with Crippen LogP contribution >= 0.6 is 11.6 Å². The Morgan fingerprint density at radius 3 is 2.48 bits per heavy atom. The molecule has 3 rings (SSSR count). The van der Waals surface area contributed by atoms with Gasteiger partial charge in [0.05, 0.1) is 23.1 Å². The van der Waals surface area contributed by atoms with Crippen LogP contribution in [0.1, 0.15) is 55.1 Å². The lowest BCUT2D eigenvalue weighted by Gasteiger charge is -2.15. The van der Waals surface area contributed by atoms with Gasteiger partial charge in [0.25, 0.3) is 5.91 Å². The van der Waals surface area contributed by atoms with E-state index in [4.69, 9.17) is 11.6 Å². The van der Waals surface area contributed by atoms with E-state index in [-0.39, 0.29) is 17.7 Å². The molecule has 2 heterocycles. The summed E-state index contributed by atoms with van der Waals surface area (Å²) in [6.07, 6.45) is 4.05. The van der Waals surface area contributed by atoms with Crippen LogP contribution in [0.2, 0.25) is 5.02 Å². The lowest BCUT2D eigenvalue weighted by molar-refractivity contribution is -0.129. The summed E-state index contributed by atoms with van der Waals surface area (Å²) in [5.74, 6) is 0.0111. The molecule has 2 aromatic rings. The number of benzene rings is 1. The standard InChI is InChI=1S/C20H25ClN4O2/c1-14(2)19-17(13-23-25(19)16-7-5-15(21)6-8-16)20(27)22-10-9-18(26)24-11-3-4-12-24/h5-8,13-14H,3-4,9-12H2,1-2H3,(H,22,27). The fraction of sp³-hybridized carbons (Fsp3) is 0.450. The molecule has 6 nitrogen and oxygen atoms in total. The second kappa shape index (κ2) is 8.57. The lowest BCUT2D eigenvalue weighted by Crippen LogP contribution is -2.33. The van der Waals surface area contributed by atoms with Crippen molar-refractivity contribution in [2.45, 2.75) is 39.0 Å². The molecule has 1 N–H and O–H groups in total. The molecule has 1 aromatic heterocycles. The molecule has 1 fully saturated rings. The zero-order valence-corrected chi connectivity index (χ0v) is 16.5. The number of rotatable bonds is 6. The number of hydrogen-bond acceptors (Lipinski definition) is 3. The summed E-state index contributed by atoms with van der Waals surface area (Å²) in [5.41, 5.74) is 2.22. The van der Waals surface area contributed by atoms with Crippen LogP contribution in [0.15, 0.2) is 30.5 Å². The first-order chi connectivity index (χ1) is 13.0. The van der Waals surface area contributed by atoms with Gasteiger partial charge in [-0.15, -0.1) is 0 Å². The van der Waals surface area contributed by atoms with Crippen molar-refractivity contribution in [1.29, 1.82) is 0 Å². The molecule has 0 aliphatic carbocycles. The molecule has 2 amide bonds. The second-order valence-electron chi connectivity index (χ2n) is 7.08. The molecule has 27 heavy (non-hydrogen) atoms. The first kappa shape index (κ1) is 19.4. The average Bonchev–Trinajstić information content (AvgIpc) is 3.32. The number of halogens is 1. The molecular formula is C20H25ClN4O2. The molecular weight excluding hydrogens is 364 g/mol.